The Bertz CT molecular complexity index is 536. The molecule has 0 fully saturated rings. The third kappa shape index (κ3) is 1.41. The van der Waals surface area contributed by atoms with E-state index in [-0.39, 0.29) is 10.8 Å². The first-order valence-corrected chi connectivity index (χ1v) is 4.85. The van der Waals surface area contributed by atoms with Gasteiger partial charge in [-0.2, -0.15) is 0 Å². The second kappa shape index (κ2) is 3.62. The van der Waals surface area contributed by atoms with Crippen molar-refractivity contribution in [2.45, 2.75) is 13.5 Å². The molecule has 2 aromatic rings. The number of carbonyl (C=O) groups excluding carboxylic acids is 1. The highest BCUT2D eigenvalue weighted by molar-refractivity contribution is 6.30. The van der Waals surface area contributed by atoms with Crippen LogP contribution in [0.1, 0.15) is 17.4 Å². The summed E-state index contributed by atoms with van der Waals surface area (Å²) >= 11 is 5.72. The maximum absolute atomic E-state index is 13.7. The van der Waals surface area contributed by atoms with Crippen LogP contribution in [0.15, 0.2) is 12.3 Å². The molecule has 2 aromatic heterocycles. The molecule has 0 aliphatic rings. The van der Waals surface area contributed by atoms with E-state index in [0.29, 0.717) is 23.7 Å². The van der Waals surface area contributed by atoms with Crippen LogP contribution in [0.5, 0.6) is 0 Å². The molecule has 78 valence electrons. The molecule has 0 aliphatic carbocycles. The van der Waals surface area contributed by atoms with Crippen LogP contribution in [0.25, 0.3) is 10.9 Å². The number of nitrogens with zero attached hydrogens (tertiary/aromatic N) is 2. The molecule has 0 saturated heterocycles. The number of pyridine rings is 1. The second-order valence-corrected chi connectivity index (χ2v) is 3.47. The number of aromatic nitrogens is 2. The van der Waals surface area contributed by atoms with Crippen LogP contribution in [0.3, 0.4) is 0 Å². The van der Waals surface area contributed by atoms with E-state index >= 15 is 0 Å². The predicted octanol–water partition coefficient (Wildman–Crippen LogP) is 2.66. The number of rotatable bonds is 2. The van der Waals surface area contributed by atoms with Crippen LogP contribution in [0.2, 0.25) is 5.15 Å². The fourth-order valence-electron chi connectivity index (χ4n) is 1.65. The SMILES string of the molecule is CCn1c(C=O)c(F)c2cnc(Cl)cc21. The van der Waals surface area contributed by atoms with Crippen LogP contribution in [0.4, 0.5) is 4.39 Å². The van der Waals surface area contributed by atoms with Gasteiger partial charge in [0.25, 0.3) is 0 Å². The van der Waals surface area contributed by atoms with E-state index in [1.165, 1.54) is 6.20 Å². The van der Waals surface area contributed by atoms with Gasteiger partial charge in [0.15, 0.2) is 12.1 Å². The van der Waals surface area contributed by atoms with E-state index in [1.54, 1.807) is 10.6 Å². The fraction of sp³-hybridized carbons (Fsp3) is 0.200. The highest BCUT2D eigenvalue weighted by atomic mass is 35.5. The Kier molecular flexibility index (Phi) is 2.44. The molecule has 0 aromatic carbocycles. The van der Waals surface area contributed by atoms with Crippen molar-refractivity contribution in [1.29, 1.82) is 0 Å². The first-order valence-electron chi connectivity index (χ1n) is 4.47. The molecular weight excluding hydrogens is 219 g/mol. The van der Waals surface area contributed by atoms with Gasteiger partial charge in [0, 0.05) is 12.7 Å². The molecule has 0 unspecified atom stereocenters. The molecule has 2 rings (SSSR count). The van der Waals surface area contributed by atoms with E-state index in [2.05, 4.69) is 4.98 Å². The Morgan fingerprint density at radius 3 is 3.00 bits per heavy atom. The van der Waals surface area contributed by atoms with Crippen molar-refractivity contribution in [2.24, 2.45) is 0 Å². The lowest BCUT2D eigenvalue weighted by Gasteiger charge is -2.01. The number of hydrogen-bond donors (Lipinski definition) is 0. The van der Waals surface area contributed by atoms with Gasteiger partial charge < -0.3 is 4.57 Å². The first-order chi connectivity index (χ1) is 7.19. The topological polar surface area (TPSA) is 34.9 Å². The van der Waals surface area contributed by atoms with Gasteiger partial charge in [0.1, 0.15) is 10.8 Å². The summed E-state index contributed by atoms with van der Waals surface area (Å²) in [7, 11) is 0. The van der Waals surface area contributed by atoms with Crippen LogP contribution >= 0.6 is 11.6 Å². The third-order valence-electron chi connectivity index (χ3n) is 2.32. The molecule has 0 amide bonds. The molecule has 0 atom stereocenters. The minimum Gasteiger partial charge on any atom is -0.336 e. The third-order valence-corrected chi connectivity index (χ3v) is 2.53. The highest BCUT2D eigenvalue weighted by Gasteiger charge is 2.16. The summed E-state index contributed by atoms with van der Waals surface area (Å²) in [5.41, 5.74) is 0.633. The zero-order chi connectivity index (χ0) is 11.0. The standard InChI is InChI=1S/C10H8ClFN2O/c1-2-14-7-3-9(11)13-4-6(7)10(12)8(14)5-15/h3-5H,2H2,1H3. The van der Waals surface area contributed by atoms with Gasteiger partial charge in [0.05, 0.1) is 10.9 Å². The Morgan fingerprint density at radius 2 is 2.40 bits per heavy atom. The van der Waals surface area contributed by atoms with Gasteiger partial charge >= 0.3 is 0 Å². The largest absolute Gasteiger partial charge is 0.336 e. The summed E-state index contributed by atoms with van der Waals surface area (Å²) < 4.78 is 15.2. The molecule has 0 N–H and O–H groups in total. The van der Waals surface area contributed by atoms with E-state index in [4.69, 9.17) is 11.6 Å². The van der Waals surface area contributed by atoms with Crippen LogP contribution in [0, 0.1) is 5.82 Å². The maximum Gasteiger partial charge on any atom is 0.169 e. The number of hydrogen-bond acceptors (Lipinski definition) is 2. The van der Waals surface area contributed by atoms with Gasteiger partial charge in [-0.3, -0.25) is 4.79 Å². The summed E-state index contributed by atoms with van der Waals surface area (Å²) in [6.07, 6.45) is 1.85. The fourth-order valence-corrected chi connectivity index (χ4v) is 1.81. The smallest absolute Gasteiger partial charge is 0.169 e. The Labute approximate surface area is 90.5 Å². The number of aryl methyl sites for hydroxylation is 1. The Hall–Kier alpha value is -1.42. The van der Waals surface area contributed by atoms with Crippen molar-refractivity contribution in [1.82, 2.24) is 9.55 Å². The number of aldehydes is 1. The van der Waals surface area contributed by atoms with Crippen LogP contribution in [-0.4, -0.2) is 15.8 Å². The molecule has 0 bridgehead atoms. The predicted molar refractivity (Wildman–Crippen MR) is 55.8 cm³/mol. The lowest BCUT2D eigenvalue weighted by Crippen LogP contribution is -2.00. The highest BCUT2D eigenvalue weighted by Crippen LogP contribution is 2.24. The molecule has 15 heavy (non-hydrogen) atoms. The zero-order valence-corrected chi connectivity index (χ0v) is 8.75. The maximum atomic E-state index is 13.7. The lowest BCUT2D eigenvalue weighted by atomic mass is 10.3. The van der Waals surface area contributed by atoms with Gasteiger partial charge in [0.2, 0.25) is 0 Å². The van der Waals surface area contributed by atoms with Crippen molar-refractivity contribution < 1.29 is 9.18 Å². The zero-order valence-electron chi connectivity index (χ0n) is 8.00. The Morgan fingerprint density at radius 1 is 1.67 bits per heavy atom. The number of halogens is 2. The van der Waals surface area contributed by atoms with Gasteiger partial charge in [-0.25, -0.2) is 9.37 Å². The first kappa shape index (κ1) is 10.1. The van der Waals surface area contributed by atoms with Gasteiger partial charge in [-0.05, 0) is 13.0 Å². The summed E-state index contributed by atoms with van der Waals surface area (Å²) in [5, 5.41) is 0.607. The molecule has 5 heteroatoms. The van der Waals surface area contributed by atoms with Crippen molar-refractivity contribution in [3.05, 3.63) is 28.9 Å². The molecule has 0 saturated carbocycles. The van der Waals surface area contributed by atoms with E-state index in [1.807, 2.05) is 6.92 Å². The molecule has 3 nitrogen and oxygen atoms in total. The average molecular weight is 227 g/mol. The average Bonchev–Trinajstić information content (AvgIpc) is 2.50. The van der Waals surface area contributed by atoms with E-state index < -0.39 is 5.82 Å². The molecule has 0 aliphatic heterocycles. The van der Waals surface area contributed by atoms with Crippen LogP contribution in [-0.2, 0) is 6.54 Å². The van der Waals surface area contributed by atoms with Crippen molar-refractivity contribution in [3.8, 4) is 0 Å². The number of carbonyl (C=O) groups is 1. The van der Waals surface area contributed by atoms with E-state index in [0.717, 1.165) is 0 Å². The van der Waals surface area contributed by atoms with Crippen molar-refractivity contribution >= 4 is 28.8 Å². The summed E-state index contributed by atoms with van der Waals surface area (Å²) in [5.74, 6) is -0.536. The number of fused-ring (bicyclic) bond motifs is 1. The van der Waals surface area contributed by atoms with Crippen molar-refractivity contribution in [3.63, 3.8) is 0 Å². The minimum atomic E-state index is -0.536. The molecular formula is C10H8ClFN2O. The van der Waals surface area contributed by atoms with Crippen molar-refractivity contribution in [2.75, 3.05) is 0 Å². The summed E-state index contributed by atoms with van der Waals surface area (Å²) in [6, 6.07) is 1.55. The molecule has 0 spiro atoms. The Balaban J connectivity index is 2.91. The van der Waals surface area contributed by atoms with Crippen LogP contribution < -0.4 is 0 Å². The summed E-state index contributed by atoms with van der Waals surface area (Å²) in [6.45, 7) is 2.34. The summed E-state index contributed by atoms with van der Waals surface area (Å²) in [4.78, 5) is 14.5. The van der Waals surface area contributed by atoms with Gasteiger partial charge in [-0.15, -0.1) is 0 Å². The lowest BCUT2D eigenvalue weighted by molar-refractivity contribution is 0.111. The normalized spacial score (nSPS) is 10.9. The van der Waals surface area contributed by atoms with Gasteiger partial charge in [-0.1, -0.05) is 11.6 Å². The monoisotopic (exact) mass is 226 g/mol. The second-order valence-electron chi connectivity index (χ2n) is 3.09. The van der Waals surface area contributed by atoms with E-state index in [9.17, 15) is 9.18 Å². The minimum absolute atomic E-state index is 0.0385. The molecule has 0 radical (unpaired) electrons. The quantitative estimate of drug-likeness (QED) is 0.583. The molecule has 2 heterocycles.